The second-order valence-corrected chi connectivity index (χ2v) is 20.3. The fraction of sp³-hybridized carbons (Fsp3) is 0.417. The minimum atomic E-state index is -4.58. The SMILES string of the molecule is CC1(C)CCC(CN2CCN(c3ccc(C(=O)NS(=O)(=O)c4ccc(N5CCC(N6CCOCC6)CC5)c([N+](=O)[O-])c4)c(Oc4ccoc5nccc4-5)c3)CC2)=C(c2ccc(Cl)cc2)C1. The number of halogens is 1. The summed E-state index contributed by atoms with van der Waals surface area (Å²) in [5.74, 6) is -0.129. The van der Waals surface area contributed by atoms with Crippen molar-refractivity contribution in [3.63, 3.8) is 0 Å². The lowest BCUT2D eigenvalue weighted by molar-refractivity contribution is -0.384. The number of nitrogens with one attached hydrogen (secondary N) is 1. The highest BCUT2D eigenvalue weighted by Gasteiger charge is 2.33. The van der Waals surface area contributed by atoms with Crippen molar-refractivity contribution < 1.29 is 32.0 Å². The molecule has 3 fully saturated rings. The summed E-state index contributed by atoms with van der Waals surface area (Å²) in [6.07, 6.45) is 7.84. The van der Waals surface area contributed by atoms with Crippen molar-refractivity contribution in [2.24, 2.45) is 5.41 Å². The van der Waals surface area contributed by atoms with E-state index in [0.717, 1.165) is 94.7 Å². The number of morpholine rings is 1. The van der Waals surface area contributed by atoms with Crippen LogP contribution in [0.25, 0.3) is 17.0 Å². The number of fused-ring (bicyclic) bond motifs is 1. The zero-order chi connectivity index (χ0) is 45.3. The van der Waals surface area contributed by atoms with E-state index >= 15 is 0 Å². The van der Waals surface area contributed by atoms with E-state index < -0.39 is 25.7 Å². The number of allylic oxidation sites excluding steroid dienone is 1. The molecule has 0 bridgehead atoms. The summed E-state index contributed by atoms with van der Waals surface area (Å²) in [6, 6.07) is 20.7. The van der Waals surface area contributed by atoms with Crippen LogP contribution in [0.1, 0.15) is 61.9 Å². The fourth-order valence-corrected chi connectivity index (χ4v) is 10.8. The number of nitro benzene ring substituents is 1. The van der Waals surface area contributed by atoms with Crippen molar-refractivity contribution in [1.29, 1.82) is 0 Å². The van der Waals surface area contributed by atoms with Crippen LogP contribution in [0.5, 0.6) is 11.5 Å². The Hall–Kier alpha value is -5.52. The third-order valence-corrected chi connectivity index (χ3v) is 14.9. The van der Waals surface area contributed by atoms with E-state index in [1.165, 1.54) is 35.1 Å². The van der Waals surface area contributed by atoms with Crippen molar-refractivity contribution in [2.75, 3.05) is 81.9 Å². The molecule has 342 valence electrons. The number of nitro groups is 1. The standard InChI is InChI=1S/C48H54ClN7O8S/c1-48(2)16-11-34(41(31-48)33-3-5-35(49)6-4-33)32-52-20-22-53(23-21-52)37-7-9-39(45(29-37)64-44-15-26-63-47-40(44)12-17-50-47)46(57)51-65(60,61)38-8-10-42(43(30-38)56(58)59)55-18-13-36(14-19-55)54-24-27-62-28-25-54/h3-10,12,15,17,26,29-30,36H,11,13-14,16,18-25,27-28,31-32H2,1-2H3,(H,51,57). The van der Waals surface area contributed by atoms with Gasteiger partial charge >= 0.3 is 0 Å². The molecule has 9 rings (SSSR count). The molecule has 1 aliphatic carbocycles. The number of carbonyl (C=O) groups is 1. The number of amides is 1. The van der Waals surface area contributed by atoms with Gasteiger partial charge in [-0.25, -0.2) is 18.1 Å². The third kappa shape index (κ3) is 10.0. The fourth-order valence-electron chi connectivity index (χ4n) is 9.67. The molecule has 5 heterocycles. The van der Waals surface area contributed by atoms with E-state index in [1.54, 1.807) is 36.5 Å². The van der Waals surface area contributed by atoms with Crippen LogP contribution in [0.3, 0.4) is 0 Å². The Morgan fingerprint density at radius 2 is 1.68 bits per heavy atom. The molecule has 65 heavy (non-hydrogen) atoms. The number of hydrogen-bond acceptors (Lipinski definition) is 13. The lowest BCUT2D eigenvalue weighted by Crippen LogP contribution is -2.49. The van der Waals surface area contributed by atoms with Gasteiger partial charge in [-0.2, -0.15) is 0 Å². The largest absolute Gasteiger partial charge is 0.455 e. The Bertz CT molecular complexity index is 2650. The van der Waals surface area contributed by atoms with Gasteiger partial charge in [0, 0.05) is 100 Å². The molecule has 17 heteroatoms. The minimum Gasteiger partial charge on any atom is -0.455 e. The summed E-state index contributed by atoms with van der Waals surface area (Å²) in [7, 11) is -4.58. The normalized spacial score (nSPS) is 19.1. The summed E-state index contributed by atoms with van der Waals surface area (Å²) >= 11 is 6.25. The Kier molecular flexibility index (Phi) is 12.9. The lowest BCUT2D eigenvalue weighted by Gasteiger charge is -2.40. The predicted octanol–water partition coefficient (Wildman–Crippen LogP) is 8.34. The zero-order valence-corrected chi connectivity index (χ0v) is 38.3. The van der Waals surface area contributed by atoms with Gasteiger partial charge in [-0.15, -0.1) is 0 Å². The molecule has 0 unspecified atom stereocenters. The number of piperazine rings is 1. The van der Waals surface area contributed by atoms with Crippen molar-refractivity contribution >= 4 is 50.2 Å². The first-order chi connectivity index (χ1) is 31.3. The van der Waals surface area contributed by atoms with Gasteiger partial charge in [0.1, 0.15) is 17.2 Å². The Balaban J connectivity index is 0.923. The van der Waals surface area contributed by atoms with Crippen molar-refractivity contribution in [1.82, 2.24) is 19.5 Å². The molecule has 3 aromatic carbocycles. The molecule has 1 amide bonds. The van der Waals surface area contributed by atoms with Crippen molar-refractivity contribution in [3.8, 4) is 23.0 Å². The topological polar surface area (TPSA) is 164 Å². The number of nitrogens with zero attached hydrogens (tertiary/aromatic N) is 6. The van der Waals surface area contributed by atoms with Gasteiger partial charge < -0.3 is 23.7 Å². The molecule has 0 aromatic heterocycles. The van der Waals surface area contributed by atoms with E-state index in [-0.39, 0.29) is 22.4 Å². The molecule has 0 spiro atoms. The average Bonchev–Trinajstić information content (AvgIpc) is 3.80. The van der Waals surface area contributed by atoms with Crippen molar-refractivity contribution in [3.05, 3.63) is 117 Å². The minimum absolute atomic E-state index is 0.0411. The van der Waals surface area contributed by atoms with Gasteiger partial charge in [-0.1, -0.05) is 43.2 Å². The molecule has 1 N–H and O–H groups in total. The van der Waals surface area contributed by atoms with Gasteiger partial charge in [0.15, 0.2) is 0 Å². The second kappa shape index (κ2) is 18.8. The summed E-state index contributed by atoms with van der Waals surface area (Å²) in [5.41, 5.74) is 5.65. The first-order valence-corrected chi connectivity index (χ1v) is 24.2. The number of aromatic nitrogens is 1. The van der Waals surface area contributed by atoms with Gasteiger partial charge in [0.2, 0.25) is 5.89 Å². The number of rotatable bonds is 12. The van der Waals surface area contributed by atoms with E-state index in [1.807, 2.05) is 17.0 Å². The Morgan fingerprint density at radius 1 is 0.923 bits per heavy atom. The molecule has 15 nitrogen and oxygen atoms in total. The summed E-state index contributed by atoms with van der Waals surface area (Å²) in [6.45, 7) is 12.9. The number of sulfonamides is 1. The first kappa shape index (κ1) is 44.7. The van der Waals surface area contributed by atoms with Gasteiger partial charge in [-0.3, -0.25) is 24.7 Å². The molecule has 0 radical (unpaired) electrons. The van der Waals surface area contributed by atoms with E-state index in [4.69, 9.17) is 25.5 Å². The quantitative estimate of drug-likeness (QED) is 0.0939. The number of anilines is 2. The number of carbonyl (C=O) groups excluding carboxylic acids is 1. The van der Waals surface area contributed by atoms with Crippen LogP contribution in [0.2, 0.25) is 5.02 Å². The van der Waals surface area contributed by atoms with Crippen LogP contribution in [-0.4, -0.2) is 112 Å². The maximum Gasteiger partial charge on any atom is 0.293 e. The molecular formula is C48H54ClN7O8S. The lowest BCUT2D eigenvalue weighted by atomic mass is 9.72. The summed E-state index contributed by atoms with van der Waals surface area (Å²) in [4.78, 5) is 38.8. The second-order valence-electron chi connectivity index (χ2n) is 18.1. The van der Waals surface area contributed by atoms with Gasteiger partial charge in [-0.05, 0) is 91.1 Å². The summed E-state index contributed by atoms with van der Waals surface area (Å²) < 4.78 is 47.4. The number of hydrogen-bond donors (Lipinski definition) is 1. The maximum atomic E-state index is 14.1. The molecule has 0 atom stereocenters. The van der Waals surface area contributed by atoms with E-state index in [9.17, 15) is 23.3 Å². The van der Waals surface area contributed by atoms with Crippen LogP contribution in [-0.2, 0) is 14.8 Å². The summed E-state index contributed by atoms with van der Waals surface area (Å²) in [5, 5.41) is 13.1. The first-order valence-electron chi connectivity index (χ1n) is 22.3. The number of benzene rings is 3. The zero-order valence-electron chi connectivity index (χ0n) is 36.7. The van der Waals surface area contributed by atoms with E-state index in [2.05, 4.69) is 50.4 Å². The van der Waals surface area contributed by atoms with Crippen molar-refractivity contribution in [2.45, 2.75) is 56.9 Å². The van der Waals surface area contributed by atoms with Crippen LogP contribution >= 0.6 is 11.6 Å². The van der Waals surface area contributed by atoms with Crippen LogP contribution in [0.15, 0.2) is 100 Å². The van der Waals surface area contributed by atoms with Gasteiger partial charge in [0.25, 0.3) is 21.6 Å². The Labute approximate surface area is 384 Å². The molecule has 5 aliphatic heterocycles. The molecule has 6 aliphatic rings. The number of piperidine rings is 1. The van der Waals surface area contributed by atoms with Crippen LogP contribution < -0.4 is 19.3 Å². The molecule has 3 aromatic rings. The smallest absolute Gasteiger partial charge is 0.293 e. The van der Waals surface area contributed by atoms with Crippen LogP contribution in [0.4, 0.5) is 17.1 Å². The van der Waals surface area contributed by atoms with E-state index in [0.29, 0.717) is 55.2 Å². The highest BCUT2D eigenvalue weighted by Crippen LogP contribution is 2.44. The van der Waals surface area contributed by atoms with Gasteiger partial charge in [0.05, 0.1) is 40.4 Å². The highest BCUT2D eigenvalue weighted by molar-refractivity contribution is 7.90. The maximum absolute atomic E-state index is 14.1. The average molecular weight is 925 g/mol. The molecule has 0 saturated carbocycles. The van der Waals surface area contributed by atoms with Crippen LogP contribution in [0, 0.1) is 15.5 Å². The monoisotopic (exact) mass is 923 g/mol. The molecule has 3 saturated heterocycles. The predicted molar refractivity (Wildman–Crippen MR) is 250 cm³/mol. The number of ether oxygens (including phenoxy) is 2. The Morgan fingerprint density at radius 3 is 2.42 bits per heavy atom. The third-order valence-electron chi connectivity index (χ3n) is 13.3. The highest BCUT2D eigenvalue weighted by atomic mass is 35.5. The molecular weight excluding hydrogens is 870 g/mol.